The predicted molar refractivity (Wildman–Crippen MR) is 137 cm³/mol. The van der Waals surface area contributed by atoms with Crippen LogP contribution in [-0.2, 0) is 16.0 Å². The van der Waals surface area contributed by atoms with Gasteiger partial charge < -0.3 is 19.7 Å². The number of aryl methyl sites for hydroxylation is 1. The van der Waals surface area contributed by atoms with E-state index in [-0.39, 0.29) is 17.7 Å². The number of ether oxygens (including phenoxy) is 2. The molecular weight excluding hydrogens is 464 g/mol. The van der Waals surface area contributed by atoms with E-state index in [2.05, 4.69) is 15.5 Å². The molecule has 0 saturated carbocycles. The Kier molecular flexibility index (Phi) is 7.65. The number of aromatic amines is 1. The lowest BCUT2D eigenvalue weighted by molar-refractivity contribution is -0.128. The number of hydrogen-bond acceptors (Lipinski definition) is 6. The van der Waals surface area contributed by atoms with Gasteiger partial charge in [-0.05, 0) is 54.8 Å². The summed E-state index contributed by atoms with van der Waals surface area (Å²) in [5, 5.41) is 10.2. The monoisotopic (exact) mass is 494 g/mol. The molecule has 2 N–H and O–H groups in total. The maximum Gasteiger partial charge on any atom is 0.231 e. The minimum absolute atomic E-state index is 0.0679. The number of anilines is 1. The van der Waals surface area contributed by atoms with Gasteiger partial charge in [-0.25, -0.2) is 0 Å². The number of nitrogens with zero attached hydrogens (tertiary/aromatic N) is 2. The van der Waals surface area contributed by atoms with Crippen molar-refractivity contribution >= 4 is 29.3 Å². The number of benzene rings is 2. The molecule has 0 aliphatic carbocycles. The fourth-order valence-electron chi connectivity index (χ4n) is 3.94. The Morgan fingerprint density at radius 2 is 2.09 bits per heavy atom. The van der Waals surface area contributed by atoms with Crippen molar-refractivity contribution in [1.82, 2.24) is 15.1 Å². The summed E-state index contributed by atoms with van der Waals surface area (Å²) in [5.74, 6) is 1.78. The number of carbonyl (C=O) groups excluding carboxylic acids is 2. The van der Waals surface area contributed by atoms with Crippen LogP contribution in [0.25, 0.3) is 11.1 Å². The third-order valence-corrected chi connectivity index (χ3v) is 7.06. The lowest BCUT2D eigenvalue weighted by Gasteiger charge is -2.25. The molecule has 0 saturated heterocycles. The third kappa shape index (κ3) is 5.79. The zero-order valence-corrected chi connectivity index (χ0v) is 21.2. The van der Waals surface area contributed by atoms with Crippen LogP contribution in [0, 0.1) is 12.8 Å². The molecule has 0 radical (unpaired) electrons. The molecule has 2 heterocycles. The molecule has 1 aromatic heterocycles. The zero-order chi connectivity index (χ0) is 24.9. The van der Waals surface area contributed by atoms with Gasteiger partial charge in [-0.1, -0.05) is 6.07 Å². The van der Waals surface area contributed by atoms with Gasteiger partial charge in [0, 0.05) is 42.9 Å². The van der Waals surface area contributed by atoms with E-state index in [1.54, 1.807) is 37.9 Å². The number of H-pyrrole nitrogens is 1. The van der Waals surface area contributed by atoms with Gasteiger partial charge in [-0.2, -0.15) is 5.10 Å². The minimum Gasteiger partial charge on any atom is -0.497 e. The standard InChI is InChI=1S/C26H30N4O4S/c1-16-21(14-27-29-16)17-5-7-22(24(13-17)35-10-9-25(31)30(2)3)28-26(32)19-11-18-12-20(33-4)6-8-23(18)34-15-19/h5-8,12-14,19H,9-11,15H2,1-4H3,(H,27,29)(H,28,32). The molecule has 4 rings (SSSR count). The first kappa shape index (κ1) is 24.7. The molecule has 0 bridgehead atoms. The van der Waals surface area contributed by atoms with Crippen LogP contribution in [0.1, 0.15) is 17.7 Å². The number of rotatable bonds is 8. The summed E-state index contributed by atoms with van der Waals surface area (Å²) in [7, 11) is 5.12. The number of hydrogen-bond donors (Lipinski definition) is 2. The van der Waals surface area contributed by atoms with E-state index in [0.29, 0.717) is 25.2 Å². The first-order chi connectivity index (χ1) is 16.9. The van der Waals surface area contributed by atoms with Crippen LogP contribution in [0.2, 0.25) is 0 Å². The van der Waals surface area contributed by atoms with Gasteiger partial charge in [0.2, 0.25) is 11.8 Å². The van der Waals surface area contributed by atoms with E-state index in [1.165, 1.54) is 0 Å². The maximum absolute atomic E-state index is 13.2. The van der Waals surface area contributed by atoms with Crippen molar-refractivity contribution in [2.24, 2.45) is 5.92 Å². The van der Waals surface area contributed by atoms with Crippen molar-refractivity contribution in [3.8, 4) is 22.6 Å². The van der Waals surface area contributed by atoms with Crippen LogP contribution < -0.4 is 14.8 Å². The van der Waals surface area contributed by atoms with E-state index < -0.39 is 0 Å². The third-order valence-electron chi connectivity index (χ3n) is 6.00. The van der Waals surface area contributed by atoms with Gasteiger partial charge in [-0.15, -0.1) is 11.8 Å². The quantitative estimate of drug-likeness (QED) is 0.457. The fourth-order valence-corrected chi connectivity index (χ4v) is 4.92. The normalized spacial score (nSPS) is 14.6. The van der Waals surface area contributed by atoms with Crippen LogP contribution in [0.15, 0.2) is 47.5 Å². The van der Waals surface area contributed by atoms with Crippen molar-refractivity contribution in [2.75, 3.05) is 38.9 Å². The van der Waals surface area contributed by atoms with Crippen LogP contribution >= 0.6 is 11.8 Å². The summed E-state index contributed by atoms with van der Waals surface area (Å²) in [6, 6.07) is 11.6. The molecule has 2 aromatic carbocycles. The highest BCUT2D eigenvalue weighted by Gasteiger charge is 2.27. The van der Waals surface area contributed by atoms with Crippen molar-refractivity contribution in [3.63, 3.8) is 0 Å². The molecular formula is C26H30N4O4S. The molecule has 0 fully saturated rings. The number of methoxy groups -OCH3 is 1. The molecule has 35 heavy (non-hydrogen) atoms. The summed E-state index contributed by atoms with van der Waals surface area (Å²) in [6.07, 6.45) is 2.84. The number of carbonyl (C=O) groups is 2. The fraction of sp³-hybridized carbons (Fsp3) is 0.346. The summed E-state index contributed by atoms with van der Waals surface area (Å²) in [6.45, 7) is 2.26. The zero-order valence-electron chi connectivity index (χ0n) is 20.4. The second-order valence-electron chi connectivity index (χ2n) is 8.66. The number of nitrogens with one attached hydrogen (secondary N) is 2. The number of aromatic nitrogens is 2. The van der Waals surface area contributed by atoms with E-state index in [1.807, 2.05) is 49.5 Å². The highest BCUT2D eigenvalue weighted by molar-refractivity contribution is 7.99. The van der Waals surface area contributed by atoms with Crippen molar-refractivity contribution in [3.05, 3.63) is 53.9 Å². The molecule has 8 nitrogen and oxygen atoms in total. The van der Waals surface area contributed by atoms with E-state index in [0.717, 1.165) is 44.5 Å². The Morgan fingerprint density at radius 3 is 2.80 bits per heavy atom. The SMILES string of the molecule is COc1ccc2c(c1)CC(C(=O)Nc1ccc(-c3c[nH]nc3C)cc1SCCC(=O)N(C)C)CO2. The number of fused-ring (bicyclic) bond motifs is 1. The second kappa shape index (κ2) is 10.9. The summed E-state index contributed by atoms with van der Waals surface area (Å²) >= 11 is 1.55. The smallest absolute Gasteiger partial charge is 0.231 e. The maximum atomic E-state index is 13.2. The summed E-state index contributed by atoms with van der Waals surface area (Å²) < 4.78 is 11.2. The van der Waals surface area contributed by atoms with Gasteiger partial charge in [-0.3, -0.25) is 14.7 Å². The van der Waals surface area contributed by atoms with Crippen LogP contribution in [0.3, 0.4) is 0 Å². The Labute approximate surface area is 209 Å². The lowest BCUT2D eigenvalue weighted by Crippen LogP contribution is -2.32. The number of thioether (sulfide) groups is 1. The summed E-state index contributed by atoms with van der Waals surface area (Å²) in [5.41, 5.74) is 4.57. The van der Waals surface area contributed by atoms with Crippen molar-refractivity contribution in [2.45, 2.75) is 24.7 Å². The molecule has 3 aromatic rings. The molecule has 1 unspecified atom stereocenters. The average molecular weight is 495 g/mol. The first-order valence-electron chi connectivity index (χ1n) is 11.4. The lowest BCUT2D eigenvalue weighted by atomic mass is 9.95. The first-order valence-corrected chi connectivity index (χ1v) is 12.4. The van der Waals surface area contributed by atoms with E-state index in [9.17, 15) is 9.59 Å². The van der Waals surface area contributed by atoms with Crippen molar-refractivity contribution < 1.29 is 19.1 Å². The molecule has 184 valence electrons. The van der Waals surface area contributed by atoms with Gasteiger partial charge in [0.1, 0.15) is 18.1 Å². The van der Waals surface area contributed by atoms with Crippen LogP contribution in [0.4, 0.5) is 5.69 Å². The Bertz CT molecular complexity index is 1220. The Balaban J connectivity index is 1.52. The van der Waals surface area contributed by atoms with E-state index >= 15 is 0 Å². The van der Waals surface area contributed by atoms with Crippen LogP contribution in [-0.4, -0.2) is 60.5 Å². The number of amides is 2. The molecule has 9 heteroatoms. The average Bonchev–Trinajstić information content (AvgIpc) is 3.29. The van der Waals surface area contributed by atoms with Crippen molar-refractivity contribution in [1.29, 1.82) is 0 Å². The van der Waals surface area contributed by atoms with E-state index in [4.69, 9.17) is 9.47 Å². The topological polar surface area (TPSA) is 96.5 Å². The molecule has 0 spiro atoms. The van der Waals surface area contributed by atoms with Gasteiger partial charge >= 0.3 is 0 Å². The van der Waals surface area contributed by atoms with Crippen LogP contribution in [0.5, 0.6) is 11.5 Å². The molecule has 2 amide bonds. The predicted octanol–water partition coefficient (Wildman–Crippen LogP) is 4.15. The Hall–Kier alpha value is -3.46. The highest BCUT2D eigenvalue weighted by atomic mass is 32.2. The highest BCUT2D eigenvalue weighted by Crippen LogP contribution is 2.35. The van der Waals surface area contributed by atoms with Gasteiger partial charge in [0.15, 0.2) is 0 Å². The summed E-state index contributed by atoms with van der Waals surface area (Å²) in [4.78, 5) is 27.8. The second-order valence-corrected chi connectivity index (χ2v) is 9.79. The largest absolute Gasteiger partial charge is 0.497 e. The molecule has 1 aliphatic rings. The molecule has 1 atom stereocenters. The minimum atomic E-state index is -0.321. The Morgan fingerprint density at radius 1 is 1.26 bits per heavy atom. The van der Waals surface area contributed by atoms with Gasteiger partial charge in [0.05, 0.1) is 24.4 Å². The molecule has 1 aliphatic heterocycles. The van der Waals surface area contributed by atoms with Gasteiger partial charge in [0.25, 0.3) is 0 Å².